The van der Waals surface area contributed by atoms with Crippen molar-refractivity contribution in [2.75, 3.05) is 24.3 Å². The Labute approximate surface area is 161 Å². The van der Waals surface area contributed by atoms with Crippen LogP contribution in [0.1, 0.15) is 44.4 Å². The van der Waals surface area contributed by atoms with Gasteiger partial charge in [0.05, 0.1) is 16.7 Å². The number of hydrogen-bond acceptors (Lipinski definition) is 6. The third kappa shape index (κ3) is 4.53. The van der Waals surface area contributed by atoms with Crippen molar-refractivity contribution in [1.29, 1.82) is 0 Å². The normalized spacial score (nSPS) is 10.1. The molecule has 2 aromatic carbocycles. The van der Waals surface area contributed by atoms with E-state index in [4.69, 9.17) is 4.74 Å². The highest BCUT2D eigenvalue weighted by Gasteiger charge is 2.23. The van der Waals surface area contributed by atoms with E-state index in [0.717, 1.165) is 17.8 Å². The topological polar surface area (TPSA) is 113 Å². The van der Waals surface area contributed by atoms with Crippen LogP contribution < -0.4 is 15.0 Å². The molecule has 0 saturated carbocycles. The molecular formula is C20H20N2O6. The second kappa shape index (κ2) is 8.81. The van der Waals surface area contributed by atoms with Gasteiger partial charge < -0.3 is 20.1 Å². The van der Waals surface area contributed by atoms with E-state index in [9.17, 15) is 24.3 Å². The molecule has 8 heteroatoms. The number of rotatable bonds is 8. The van der Waals surface area contributed by atoms with E-state index in [-0.39, 0.29) is 35.3 Å². The van der Waals surface area contributed by atoms with Gasteiger partial charge in [0.25, 0.3) is 12.4 Å². The molecule has 8 nitrogen and oxygen atoms in total. The van der Waals surface area contributed by atoms with Gasteiger partial charge in [-0.1, -0.05) is 6.92 Å². The monoisotopic (exact) mass is 384 g/mol. The molecule has 0 aromatic heterocycles. The van der Waals surface area contributed by atoms with Crippen LogP contribution in [0.2, 0.25) is 0 Å². The first kappa shape index (κ1) is 20.6. The van der Waals surface area contributed by atoms with Gasteiger partial charge in [-0.2, -0.15) is 0 Å². The molecule has 0 aliphatic rings. The van der Waals surface area contributed by atoms with E-state index < -0.39 is 17.7 Å². The molecule has 0 atom stereocenters. The highest BCUT2D eigenvalue weighted by Crippen LogP contribution is 2.26. The van der Waals surface area contributed by atoms with Gasteiger partial charge in [-0.25, -0.2) is 4.79 Å². The number of carbonyl (C=O) groups excluding carboxylic acids is 3. The van der Waals surface area contributed by atoms with Crippen LogP contribution in [-0.4, -0.2) is 43.3 Å². The second-order valence-electron chi connectivity index (χ2n) is 6.09. The molecule has 2 rings (SSSR count). The average molecular weight is 384 g/mol. The Balaban J connectivity index is 2.45. The molecule has 28 heavy (non-hydrogen) atoms. The van der Waals surface area contributed by atoms with Gasteiger partial charge in [0.2, 0.25) is 0 Å². The van der Waals surface area contributed by atoms with Gasteiger partial charge in [-0.15, -0.1) is 0 Å². The van der Waals surface area contributed by atoms with Crippen molar-refractivity contribution >= 4 is 35.5 Å². The molecule has 0 aliphatic heterocycles. The summed E-state index contributed by atoms with van der Waals surface area (Å²) >= 11 is 0. The highest BCUT2D eigenvalue weighted by atomic mass is 16.5. The van der Waals surface area contributed by atoms with Gasteiger partial charge >= 0.3 is 5.97 Å². The predicted octanol–water partition coefficient (Wildman–Crippen LogP) is 2.83. The zero-order valence-corrected chi connectivity index (χ0v) is 15.7. The van der Waals surface area contributed by atoms with E-state index >= 15 is 0 Å². The number of ketones is 1. The van der Waals surface area contributed by atoms with Crippen LogP contribution in [0.15, 0.2) is 36.4 Å². The summed E-state index contributed by atoms with van der Waals surface area (Å²) in [5, 5.41) is 12.1. The number of carboxylic acid groups (broad SMARTS) is 1. The molecule has 0 saturated heterocycles. The fourth-order valence-corrected chi connectivity index (χ4v) is 2.54. The van der Waals surface area contributed by atoms with Crippen LogP contribution in [0.4, 0.5) is 11.4 Å². The lowest BCUT2D eigenvalue weighted by Crippen LogP contribution is -2.18. The Bertz CT molecular complexity index is 919. The molecule has 0 aliphatic carbocycles. The maximum atomic E-state index is 12.7. The van der Waals surface area contributed by atoms with Crippen LogP contribution in [-0.2, 0) is 4.79 Å². The van der Waals surface area contributed by atoms with Crippen molar-refractivity contribution in [1.82, 2.24) is 0 Å². The number of hydrogen-bond donors (Lipinski definition) is 2. The maximum absolute atomic E-state index is 12.7. The summed E-state index contributed by atoms with van der Waals surface area (Å²) in [6.45, 7) is 1.70. The third-order valence-electron chi connectivity index (χ3n) is 4.03. The molecular weight excluding hydrogens is 364 g/mol. The highest BCUT2D eigenvalue weighted by molar-refractivity contribution is 6.13. The lowest BCUT2D eigenvalue weighted by atomic mass is 9.98. The fourth-order valence-electron chi connectivity index (χ4n) is 2.54. The molecule has 2 aromatic rings. The number of anilines is 2. The van der Waals surface area contributed by atoms with E-state index in [1.807, 2.05) is 19.0 Å². The van der Waals surface area contributed by atoms with Crippen molar-refractivity contribution in [2.45, 2.75) is 13.3 Å². The third-order valence-corrected chi connectivity index (χ3v) is 4.03. The maximum Gasteiger partial charge on any atom is 0.336 e. The number of amides is 1. The number of benzene rings is 2. The minimum absolute atomic E-state index is 0.0705. The largest absolute Gasteiger partial charge is 0.478 e. The average Bonchev–Trinajstić information content (AvgIpc) is 2.67. The first-order chi connectivity index (χ1) is 13.3. The van der Waals surface area contributed by atoms with Crippen molar-refractivity contribution < 1.29 is 29.0 Å². The molecule has 146 valence electrons. The lowest BCUT2D eigenvalue weighted by molar-refractivity contribution is -0.120. The van der Waals surface area contributed by atoms with Crippen molar-refractivity contribution in [2.24, 2.45) is 0 Å². The molecule has 0 fully saturated rings. The van der Waals surface area contributed by atoms with Crippen LogP contribution >= 0.6 is 0 Å². The van der Waals surface area contributed by atoms with E-state index in [1.165, 1.54) is 0 Å². The summed E-state index contributed by atoms with van der Waals surface area (Å²) in [5.74, 6) is -2.66. The van der Waals surface area contributed by atoms with E-state index in [1.54, 1.807) is 31.2 Å². The molecule has 1 amide bonds. The summed E-state index contributed by atoms with van der Waals surface area (Å²) in [5.41, 5.74) is 0.719. The molecule has 0 spiro atoms. The molecule has 0 bridgehead atoms. The lowest BCUT2D eigenvalue weighted by Gasteiger charge is -2.14. The first-order valence-corrected chi connectivity index (χ1v) is 8.42. The number of aromatic carboxylic acids is 1. The van der Waals surface area contributed by atoms with E-state index in [0.29, 0.717) is 5.69 Å². The van der Waals surface area contributed by atoms with Gasteiger partial charge in [0.15, 0.2) is 5.78 Å². The summed E-state index contributed by atoms with van der Waals surface area (Å²) in [4.78, 5) is 49.0. The number of ether oxygens (including phenoxy) is 1. The standard InChI is InChI=1S/C20H20N2O6/c1-4-17(24)16-9-15(20(26)27)14(10-18(16)28-11-23)19(25)21-12-5-7-13(8-6-12)22(2)3/h5-11H,4H2,1-3H3,(H,21,25)(H,26,27). The smallest absolute Gasteiger partial charge is 0.336 e. The molecule has 0 radical (unpaired) electrons. The minimum atomic E-state index is -1.38. The summed E-state index contributed by atoms with van der Waals surface area (Å²) in [6.07, 6.45) is 0.0814. The van der Waals surface area contributed by atoms with Crippen molar-refractivity contribution in [3.63, 3.8) is 0 Å². The number of nitrogens with zero attached hydrogens (tertiary/aromatic N) is 1. The summed E-state index contributed by atoms with van der Waals surface area (Å²) < 4.78 is 4.80. The molecule has 0 heterocycles. The van der Waals surface area contributed by atoms with Crippen molar-refractivity contribution in [3.05, 3.63) is 53.1 Å². The Morgan fingerprint density at radius 2 is 1.71 bits per heavy atom. The number of carboxylic acids is 1. The SMILES string of the molecule is CCC(=O)c1cc(C(=O)O)c(C(=O)Nc2ccc(N(C)C)cc2)cc1OC=O. The summed E-state index contributed by atoms with van der Waals surface area (Å²) in [6, 6.07) is 9.06. The zero-order valence-electron chi connectivity index (χ0n) is 15.7. The number of carbonyl (C=O) groups is 4. The van der Waals surface area contributed by atoms with E-state index in [2.05, 4.69) is 5.32 Å². The van der Waals surface area contributed by atoms with Crippen LogP contribution in [0.3, 0.4) is 0 Å². The Kier molecular flexibility index (Phi) is 6.49. The van der Waals surface area contributed by atoms with Gasteiger partial charge in [0.1, 0.15) is 5.75 Å². The van der Waals surface area contributed by atoms with Crippen LogP contribution in [0.5, 0.6) is 5.75 Å². The van der Waals surface area contributed by atoms with Crippen LogP contribution in [0, 0.1) is 0 Å². The quantitative estimate of drug-likeness (QED) is 0.531. The van der Waals surface area contributed by atoms with Gasteiger partial charge in [0, 0.05) is 31.9 Å². The fraction of sp³-hybridized carbons (Fsp3) is 0.200. The molecule has 0 unspecified atom stereocenters. The van der Waals surface area contributed by atoms with Gasteiger partial charge in [-0.05, 0) is 36.4 Å². The second-order valence-corrected chi connectivity index (χ2v) is 6.09. The predicted molar refractivity (Wildman–Crippen MR) is 103 cm³/mol. The Hall–Kier alpha value is -3.68. The first-order valence-electron chi connectivity index (χ1n) is 8.42. The van der Waals surface area contributed by atoms with Gasteiger partial charge in [-0.3, -0.25) is 14.4 Å². The number of nitrogens with one attached hydrogen (secondary N) is 1. The minimum Gasteiger partial charge on any atom is -0.478 e. The zero-order chi connectivity index (χ0) is 20.8. The summed E-state index contributed by atoms with van der Waals surface area (Å²) in [7, 11) is 3.75. The van der Waals surface area contributed by atoms with Crippen LogP contribution in [0.25, 0.3) is 0 Å². The van der Waals surface area contributed by atoms with Crippen molar-refractivity contribution in [3.8, 4) is 5.75 Å². The Morgan fingerprint density at radius 1 is 1.07 bits per heavy atom. The number of Topliss-reactive ketones (excluding diaryl/α,β-unsaturated/α-hetero) is 1. The molecule has 2 N–H and O–H groups in total. The Morgan fingerprint density at radius 3 is 2.21 bits per heavy atom.